The van der Waals surface area contributed by atoms with E-state index in [9.17, 15) is 13.2 Å². The molecule has 1 aromatic rings. The highest BCUT2D eigenvalue weighted by Crippen LogP contribution is 2.19. The fourth-order valence-electron chi connectivity index (χ4n) is 2.32. The second-order valence-corrected chi connectivity index (χ2v) is 7.07. The van der Waals surface area contributed by atoms with E-state index in [0.29, 0.717) is 6.54 Å². The Morgan fingerprint density at radius 1 is 1.29 bits per heavy atom. The van der Waals surface area contributed by atoms with Gasteiger partial charge in [-0.25, -0.2) is 13.4 Å². The van der Waals surface area contributed by atoms with Gasteiger partial charge in [-0.15, -0.1) is 0 Å². The summed E-state index contributed by atoms with van der Waals surface area (Å²) < 4.78 is 23.9. The summed E-state index contributed by atoms with van der Waals surface area (Å²) in [4.78, 5) is 15.5. The summed E-state index contributed by atoms with van der Waals surface area (Å²) in [7, 11) is -3.65. The maximum Gasteiger partial charge on any atom is 0.235 e. The molecule has 1 heterocycles. The SMILES string of the molecule is O=C(CS(=O)(=O)c1ccccn1)NCCC1=CCCCC1. The average Bonchev–Trinajstić information content (AvgIpc) is 2.49. The van der Waals surface area contributed by atoms with Gasteiger partial charge in [0.05, 0.1) is 0 Å². The van der Waals surface area contributed by atoms with Crippen molar-refractivity contribution < 1.29 is 13.2 Å². The largest absolute Gasteiger partial charge is 0.355 e. The molecule has 114 valence electrons. The van der Waals surface area contributed by atoms with Crippen LogP contribution in [0.15, 0.2) is 41.1 Å². The van der Waals surface area contributed by atoms with Crippen LogP contribution in [0.3, 0.4) is 0 Å². The third-order valence-electron chi connectivity index (χ3n) is 3.43. The second-order valence-electron chi connectivity index (χ2n) is 5.14. The normalized spacial score (nSPS) is 15.3. The Bertz CT molecular complexity index is 609. The van der Waals surface area contributed by atoms with Gasteiger partial charge in [0.2, 0.25) is 15.7 Å². The Morgan fingerprint density at radius 2 is 2.14 bits per heavy atom. The molecule has 0 unspecified atom stereocenters. The van der Waals surface area contributed by atoms with Crippen molar-refractivity contribution in [1.29, 1.82) is 0 Å². The lowest BCUT2D eigenvalue weighted by atomic mass is 9.97. The summed E-state index contributed by atoms with van der Waals surface area (Å²) in [5.74, 6) is -1.03. The molecule has 0 bridgehead atoms. The van der Waals surface area contributed by atoms with Crippen LogP contribution in [-0.2, 0) is 14.6 Å². The Labute approximate surface area is 125 Å². The van der Waals surface area contributed by atoms with Gasteiger partial charge in [0.15, 0.2) is 5.03 Å². The fraction of sp³-hybridized carbons (Fsp3) is 0.467. The van der Waals surface area contributed by atoms with Gasteiger partial charge < -0.3 is 5.32 Å². The van der Waals surface area contributed by atoms with E-state index in [4.69, 9.17) is 0 Å². The summed E-state index contributed by atoms with van der Waals surface area (Å²) in [5, 5.41) is 2.61. The van der Waals surface area contributed by atoms with Gasteiger partial charge in [-0.05, 0) is 44.2 Å². The summed E-state index contributed by atoms with van der Waals surface area (Å²) in [6.07, 6.45) is 9.06. The molecule has 0 radical (unpaired) electrons. The number of pyridine rings is 1. The Kier molecular flexibility index (Phi) is 5.50. The molecule has 0 saturated carbocycles. The first-order chi connectivity index (χ1) is 10.1. The summed E-state index contributed by atoms with van der Waals surface area (Å²) in [5.41, 5.74) is 1.36. The van der Waals surface area contributed by atoms with E-state index in [0.717, 1.165) is 19.3 Å². The lowest BCUT2D eigenvalue weighted by Gasteiger charge is -2.12. The summed E-state index contributed by atoms with van der Waals surface area (Å²) in [6.45, 7) is 0.488. The van der Waals surface area contributed by atoms with Crippen LogP contribution in [-0.4, -0.2) is 31.6 Å². The lowest BCUT2D eigenvalue weighted by molar-refractivity contribution is -0.118. The Balaban J connectivity index is 1.80. The first-order valence-corrected chi connectivity index (χ1v) is 8.81. The smallest absolute Gasteiger partial charge is 0.235 e. The van der Waals surface area contributed by atoms with Gasteiger partial charge in [-0.1, -0.05) is 17.7 Å². The molecule has 0 saturated heterocycles. The molecule has 0 fully saturated rings. The topological polar surface area (TPSA) is 76.1 Å². The molecule has 1 aliphatic rings. The van der Waals surface area contributed by atoms with Gasteiger partial charge in [-0.2, -0.15) is 0 Å². The van der Waals surface area contributed by atoms with E-state index in [1.165, 1.54) is 30.7 Å². The monoisotopic (exact) mass is 308 g/mol. The minimum Gasteiger partial charge on any atom is -0.355 e. The predicted octanol–water partition coefficient (Wildman–Crippen LogP) is 1.86. The Morgan fingerprint density at radius 3 is 2.81 bits per heavy atom. The first-order valence-electron chi connectivity index (χ1n) is 7.16. The van der Waals surface area contributed by atoms with Crippen LogP contribution in [0, 0.1) is 0 Å². The van der Waals surface area contributed by atoms with Gasteiger partial charge in [0.25, 0.3) is 0 Å². The van der Waals surface area contributed by atoms with Crippen LogP contribution in [0.5, 0.6) is 0 Å². The second kappa shape index (κ2) is 7.36. The molecule has 6 heteroatoms. The maximum absolute atomic E-state index is 12.0. The van der Waals surface area contributed by atoms with Crippen LogP contribution in [0.1, 0.15) is 32.1 Å². The van der Waals surface area contributed by atoms with Crippen LogP contribution in [0.2, 0.25) is 0 Å². The zero-order valence-electron chi connectivity index (χ0n) is 11.9. The quantitative estimate of drug-likeness (QED) is 0.814. The number of allylic oxidation sites excluding steroid dienone is 1. The number of nitrogens with zero attached hydrogens (tertiary/aromatic N) is 1. The van der Waals surface area contributed by atoms with Crippen molar-refractivity contribution in [2.24, 2.45) is 0 Å². The number of hydrogen-bond donors (Lipinski definition) is 1. The zero-order chi connectivity index (χ0) is 15.1. The molecule has 0 aromatic carbocycles. The number of aromatic nitrogens is 1. The lowest BCUT2D eigenvalue weighted by Crippen LogP contribution is -2.31. The minimum absolute atomic E-state index is 0.0601. The van der Waals surface area contributed by atoms with Gasteiger partial charge in [0, 0.05) is 12.7 Å². The van der Waals surface area contributed by atoms with Crippen LogP contribution in [0.25, 0.3) is 0 Å². The van der Waals surface area contributed by atoms with E-state index in [-0.39, 0.29) is 5.03 Å². The van der Waals surface area contributed by atoms with Crippen LogP contribution < -0.4 is 5.32 Å². The number of nitrogens with one attached hydrogen (secondary N) is 1. The molecule has 2 rings (SSSR count). The molecule has 0 atom stereocenters. The Hall–Kier alpha value is -1.69. The van der Waals surface area contributed by atoms with Gasteiger partial charge in [-0.3, -0.25) is 4.79 Å². The first kappa shape index (κ1) is 15.7. The highest BCUT2D eigenvalue weighted by molar-refractivity contribution is 7.92. The number of carbonyl (C=O) groups is 1. The molecule has 5 nitrogen and oxygen atoms in total. The number of carbonyl (C=O) groups excluding carboxylic acids is 1. The van der Waals surface area contributed by atoms with Crippen molar-refractivity contribution in [3.8, 4) is 0 Å². The predicted molar refractivity (Wildman–Crippen MR) is 80.5 cm³/mol. The molecule has 1 amide bonds. The van der Waals surface area contributed by atoms with E-state index in [1.807, 2.05) is 0 Å². The molecule has 1 aromatic heterocycles. The van der Waals surface area contributed by atoms with Crippen LogP contribution >= 0.6 is 0 Å². The maximum atomic E-state index is 12.0. The van der Waals surface area contributed by atoms with Crippen molar-refractivity contribution in [3.63, 3.8) is 0 Å². The molecule has 0 aliphatic heterocycles. The average molecular weight is 308 g/mol. The third kappa shape index (κ3) is 4.97. The summed E-state index contributed by atoms with van der Waals surface area (Å²) in [6, 6.07) is 4.62. The highest BCUT2D eigenvalue weighted by Gasteiger charge is 2.20. The molecule has 1 aliphatic carbocycles. The van der Waals surface area contributed by atoms with Crippen molar-refractivity contribution in [1.82, 2.24) is 10.3 Å². The molecule has 0 spiro atoms. The van der Waals surface area contributed by atoms with E-state index < -0.39 is 21.5 Å². The van der Waals surface area contributed by atoms with E-state index in [2.05, 4.69) is 16.4 Å². The van der Waals surface area contributed by atoms with Crippen molar-refractivity contribution in [3.05, 3.63) is 36.0 Å². The van der Waals surface area contributed by atoms with E-state index >= 15 is 0 Å². The van der Waals surface area contributed by atoms with Crippen molar-refractivity contribution in [2.45, 2.75) is 37.1 Å². The molecular formula is C15H20N2O3S. The van der Waals surface area contributed by atoms with Gasteiger partial charge >= 0.3 is 0 Å². The van der Waals surface area contributed by atoms with Gasteiger partial charge in [0.1, 0.15) is 5.75 Å². The number of amides is 1. The van der Waals surface area contributed by atoms with Crippen LogP contribution in [0.4, 0.5) is 0 Å². The number of hydrogen-bond acceptors (Lipinski definition) is 4. The summed E-state index contributed by atoms with van der Waals surface area (Å²) >= 11 is 0. The third-order valence-corrected chi connectivity index (χ3v) is 4.95. The standard InChI is InChI=1S/C15H20N2O3S/c18-14(16-11-9-13-6-2-1-3-7-13)12-21(19,20)15-8-4-5-10-17-15/h4-6,8,10H,1-3,7,9,11-12H2,(H,16,18). The fourth-order valence-corrected chi connectivity index (χ4v) is 3.43. The highest BCUT2D eigenvalue weighted by atomic mass is 32.2. The van der Waals surface area contributed by atoms with Crippen molar-refractivity contribution >= 4 is 15.7 Å². The van der Waals surface area contributed by atoms with E-state index in [1.54, 1.807) is 12.1 Å². The molecular weight excluding hydrogens is 288 g/mol. The molecule has 1 N–H and O–H groups in total. The number of sulfone groups is 1. The molecule has 21 heavy (non-hydrogen) atoms. The number of rotatable bonds is 6. The zero-order valence-corrected chi connectivity index (χ0v) is 12.7. The van der Waals surface area contributed by atoms with Crippen molar-refractivity contribution in [2.75, 3.05) is 12.3 Å². The minimum atomic E-state index is -3.65.